The van der Waals surface area contributed by atoms with Crippen molar-refractivity contribution in [3.63, 3.8) is 0 Å². The van der Waals surface area contributed by atoms with Gasteiger partial charge in [-0.15, -0.1) is 0 Å². The number of hydrogen-bond acceptors (Lipinski definition) is 3. The monoisotopic (exact) mass is 335 g/mol. The van der Waals surface area contributed by atoms with E-state index in [4.69, 9.17) is 5.11 Å². The first-order chi connectivity index (χ1) is 9.49. The molecule has 0 heterocycles. The molecule has 1 aromatic rings. The van der Waals surface area contributed by atoms with Crippen molar-refractivity contribution in [2.75, 3.05) is 0 Å². The molecule has 0 unspecified atom stereocenters. The average Bonchev–Trinajstić information content (AvgIpc) is 2.42. The third-order valence-electron chi connectivity index (χ3n) is 2.89. The Morgan fingerprint density at radius 3 is 2.55 bits per heavy atom. The summed E-state index contributed by atoms with van der Waals surface area (Å²) < 4.78 is 0.162. The first-order valence-corrected chi connectivity index (χ1v) is 7.52. The molecule has 3 radical (unpaired) electrons. The van der Waals surface area contributed by atoms with Gasteiger partial charge < -0.3 is 0 Å². The number of rotatable bonds is 5. The van der Waals surface area contributed by atoms with Gasteiger partial charge in [-0.3, -0.25) is 0 Å². The van der Waals surface area contributed by atoms with E-state index in [1.54, 1.807) is 0 Å². The van der Waals surface area contributed by atoms with Gasteiger partial charge in [-0.1, -0.05) is 0 Å². The Morgan fingerprint density at radius 2 is 1.95 bits per heavy atom. The van der Waals surface area contributed by atoms with Crippen molar-refractivity contribution >= 4 is 26.9 Å². The summed E-state index contributed by atoms with van der Waals surface area (Å²) in [5, 5.41) is 28.6. The van der Waals surface area contributed by atoms with Crippen LogP contribution in [0.5, 0.6) is 11.5 Å². The molecular formula is C15H17GeO4. The molecule has 1 aromatic carbocycles. The van der Waals surface area contributed by atoms with Gasteiger partial charge in [0, 0.05) is 0 Å². The molecule has 0 atom stereocenters. The van der Waals surface area contributed by atoms with Crippen LogP contribution in [-0.4, -0.2) is 37.8 Å². The zero-order valence-corrected chi connectivity index (χ0v) is 13.5. The Balaban J connectivity index is 2.87. The summed E-state index contributed by atoms with van der Waals surface area (Å²) in [5.41, 5.74) is 0.330. The molecular weight excluding hydrogens is 317 g/mol. The SMILES string of the molecule is CCCCCC#CCc1cc(C(=O)O)[c]([Ge])c(O)c1O. The number of aromatic hydroxyl groups is 2. The molecule has 105 valence electrons. The molecule has 0 bridgehead atoms. The van der Waals surface area contributed by atoms with Gasteiger partial charge >= 0.3 is 127 Å². The van der Waals surface area contributed by atoms with Gasteiger partial charge in [-0.05, 0) is 0 Å². The average molecular weight is 334 g/mol. The second kappa shape index (κ2) is 7.86. The summed E-state index contributed by atoms with van der Waals surface area (Å²) in [4.78, 5) is 11.1. The predicted molar refractivity (Wildman–Crippen MR) is 77.7 cm³/mol. The second-order valence-corrected chi connectivity index (χ2v) is 5.50. The van der Waals surface area contributed by atoms with E-state index in [1.807, 2.05) is 0 Å². The van der Waals surface area contributed by atoms with Crippen LogP contribution in [0.15, 0.2) is 6.07 Å². The summed E-state index contributed by atoms with van der Waals surface area (Å²) in [5.74, 6) is 4.10. The Morgan fingerprint density at radius 1 is 1.25 bits per heavy atom. The Hall–Kier alpha value is -1.61. The molecule has 0 spiro atoms. The number of unbranched alkanes of at least 4 members (excludes halogenated alkanes) is 3. The first-order valence-electron chi connectivity index (χ1n) is 6.47. The molecule has 0 aliphatic rings. The fourth-order valence-corrected chi connectivity index (χ4v) is 2.35. The van der Waals surface area contributed by atoms with Crippen LogP contribution in [0.1, 0.15) is 48.5 Å². The van der Waals surface area contributed by atoms with E-state index in [0.29, 0.717) is 5.56 Å². The van der Waals surface area contributed by atoms with E-state index in [-0.39, 0.29) is 27.9 Å². The zero-order valence-electron chi connectivity index (χ0n) is 11.4. The predicted octanol–water partition coefficient (Wildman–Crippen LogP) is 1.72. The van der Waals surface area contributed by atoms with Crippen LogP contribution in [0.2, 0.25) is 0 Å². The number of aromatic carboxylic acids is 1. The molecule has 4 nitrogen and oxygen atoms in total. The summed E-state index contributed by atoms with van der Waals surface area (Å²) in [7, 11) is 0. The van der Waals surface area contributed by atoms with E-state index in [2.05, 4.69) is 18.8 Å². The Kier molecular flexibility index (Phi) is 6.46. The van der Waals surface area contributed by atoms with Gasteiger partial charge in [0.25, 0.3) is 0 Å². The van der Waals surface area contributed by atoms with Crippen LogP contribution in [0.25, 0.3) is 0 Å². The van der Waals surface area contributed by atoms with Crippen LogP contribution in [0.3, 0.4) is 0 Å². The van der Waals surface area contributed by atoms with Gasteiger partial charge in [0.1, 0.15) is 0 Å². The van der Waals surface area contributed by atoms with Crippen LogP contribution in [-0.2, 0) is 6.42 Å². The molecule has 0 aliphatic heterocycles. The van der Waals surface area contributed by atoms with E-state index in [1.165, 1.54) is 22.6 Å². The number of carbonyl (C=O) groups is 1. The summed E-state index contributed by atoms with van der Waals surface area (Å²) in [6.45, 7) is 2.12. The maximum absolute atomic E-state index is 11.1. The summed E-state index contributed by atoms with van der Waals surface area (Å²) in [6, 6.07) is 1.37. The van der Waals surface area contributed by atoms with Gasteiger partial charge in [-0.25, -0.2) is 0 Å². The summed E-state index contributed by atoms with van der Waals surface area (Å²) in [6.07, 6.45) is 4.32. The number of carboxylic acids is 1. The molecule has 1 rings (SSSR count). The molecule has 0 fully saturated rings. The minimum absolute atomic E-state index is 0.0110. The van der Waals surface area contributed by atoms with E-state index >= 15 is 0 Å². The van der Waals surface area contributed by atoms with Crippen LogP contribution in [0.4, 0.5) is 0 Å². The third-order valence-corrected chi connectivity index (χ3v) is 3.95. The number of phenols is 2. The number of phenolic OH excluding ortho intramolecular Hbond substituents is 2. The van der Waals surface area contributed by atoms with Crippen LogP contribution >= 0.6 is 0 Å². The molecule has 0 amide bonds. The van der Waals surface area contributed by atoms with Gasteiger partial charge in [0.15, 0.2) is 0 Å². The zero-order chi connectivity index (χ0) is 15.1. The molecule has 0 aliphatic carbocycles. The normalized spacial score (nSPS) is 9.90. The van der Waals surface area contributed by atoms with Gasteiger partial charge in [-0.2, -0.15) is 0 Å². The second-order valence-electron chi connectivity index (χ2n) is 4.45. The minimum atomic E-state index is -1.13. The van der Waals surface area contributed by atoms with Crippen LogP contribution in [0, 0.1) is 11.8 Å². The van der Waals surface area contributed by atoms with Crippen molar-refractivity contribution in [2.24, 2.45) is 0 Å². The molecule has 3 N–H and O–H groups in total. The maximum atomic E-state index is 11.1. The molecule has 0 saturated carbocycles. The topological polar surface area (TPSA) is 77.8 Å². The van der Waals surface area contributed by atoms with E-state index in [9.17, 15) is 15.0 Å². The van der Waals surface area contributed by atoms with Crippen molar-refractivity contribution in [3.8, 4) is 23.3 Å². The van der Waals surface area contributed by atoms with Crippen LogP contribution < -0.4 is 4.40 Å². The van der Waals surface area contributed by atoms with E-state index < -0.39 is 5.97 Å². The molecule has 20 heavy (non-hydrogen) atoms. The fourth-order valence-electron chi connectivity index (χ4n) is 1.73. The van der Waals surface area contributed by atoms with Crippen molar-refractivity contribution in [2.45, 2.75) is 39.0 Å². The number of benzene rings is 1. The van der Waals surface area contributed by atoms with Crippen molar-refractivity contribution in [1.82, 2.24) is 0 Å². The molecule has 5 heteroatoms. The Bertz CT molecular complexity index is 555. The van der Waals surface area contributed by atoms with Crippen molar-refractivity contribution in [3.05, 3.63) is 17.2 Å². The standard InChI is InChI=1S/C15H17GeO4/c1-2-3-4-5-6-7-8-10-9-11(15(19)20)12(16)14(18)13(10)17/h9,17-18H,2-5,8H2,1H3,(H,19,20). The molecule has 0 aromatic heterocycles. The van der Waals surface area contributed by atoms with Crippen molar-refractivity contribution < 1.29 is 20.1 Å². The molecule has 0 saturated heterocycles. The van der Waals surface area contributed by atoms with Crippen molar-refractivity contribution in [1.29, 1.82) is 0 Å². The first kappa shape index (κ1) is 16.4. The number of hydrogen-bond donors (Lipinski definition) is 3. The summed E-state index contributed by atoms with van der Waals surface area (Å²) >= 11 is 1.46. The van der Waals surface area contributed by atoms with Gasteiger partial charge in [0.05, 0.1) is 0 Å². The fraction of sp³-hybridized carbons (Fsp3) is 0.400. The number of carboxylic acid groups (broad SMARTS) is 1. The third kappa shape index (κ3) is 4.20. The van der Waals surface area contributed by atoms with Gasteiger partial charge in [0.2, 0.25) is 0 Å². The Labute approximate surface area is 127 Å². The quantitative estimate of drug-likeness (QED) is 0.332. The van der Waals surface area contributed by atoms with E-state index in [0.717, 1.165) is 25.7 Å².